The minimum absolute atomic E-state index is 0.129. The van der Waals surface area contributed by atoms with Gasteiger partial charge in [0.1, 0.15) is 11.3 Å². The van der Waals surface area contributed by atoms with E-state index in [1.54, 1.807) is 12.4 Å². The molecule has 0 atom stereocenters. The number of aryl methyl sites for hydroxylation is 1. The molecule has 0 unspecified atom stereocenters. The molecule has 1 saturated carbocycles. The highest BCUT2D eigenvalue weighted by atomic mass is 16.5. The number of hydrazone groups is 1. The maximum atomic E-state index is 12.9. The lowest BCUT2D eigenvalue weighted by atomic mass is 9.95. The first kappa shape index (κ1) is 22.3. The number of fused-ring (bicyclic) bond motifs is 1. The van der Waals surface area contributed by atoms with E-state index in [2.05, 4.69) is 44.8 Å². The highest BCUT2D eigenvalue weighted by Gasteiger charge is 2.22. The molecule has 1 aromatic carbocycles. The average Bonchev–Trinajstić information content (AvgIpc) is 3.29. The molecular formula is C25H31N7O2. The maximum Gasteiger partial charge on any atom is 0.271 e. The molecule has 2 N–H and O–H groups in total. The number of carbonyl (C=O) groups is 1. The van der Waals surface area contributed by atoms with Crippen molar-refractivity contribution in [3.63, 3.8) is 0 Å². The predicted molar refractivity (Wildman–Crippen MR) is 133 cm³/mol. The monoisotopic (exact) mass is 461 g/mol. The highest BCUT2D eigenvalue weighted by Crippen LogP contribution is 2.22. The molecule has 1 saturated heterocycles. The van der Waals surface area contributed by atoms with E-state index in [9.17, 15) is 4.79 Å². The number of benzene rings is 1. The molecule has 2 fully saturated rings. The molecule has 2 aliphatic rings. The van der Waals surface area contributed by atoms with Crippen LogP contribution in [0.3, 0.4) is 0 Å². The second-order valence-corrected chi connectivity index (χ2v) is 8.99. The number of nitrogens with zero attached hydrogens (tertiary/aromatic N) is 5. The van der Waals surface area contributed by atoms with Gasteiger partial charge in [0.05, 0.1) is 19.4 Å². The molecule has 34 heavy (non-hydrogen) atoms. The van der Waals surface area contributed by atoms with Crippen molar-refractivity contribution in [2.45, 2.75) is 45.1 Å². The van der Waals surface area contributed by atoms with E-state index in [1.807, 2.05) is 22.6 Å². The maximum absolute atomic E-state index is 12.9. The Bertz CT molecular complexity index is 1180. The summed E-state index contributed by atoms with van der Waals surface area (Å²) < 4.78 is 7.40. The van der Waals surface area contributed by atoms with Gasteiger partial charge in [0, 0.05) is 31.4 Å². The van der Waals surface area contributed by atoms with Crippen molar-refractivity contribution < 1.29 is 9.53 Å². The third kappa shape index (κ3) is 5.20. The number of morpholine rings is 1. The number of amides is 1. The lowest BCUT2D eigenvalue weighted by molar-refractivity contribution is 0.0923. The average molecular weight is 462 g/mol. The molecule has 0 spiro atoms. The minimum Gasteiger partial charge on any atom is -0.378 e. The molecule has 0 bridgehead atoms. The Kier molecular flexibility index (Phi) is 6.71. The van der Waals surface area contributed by atoms with Gasteiger partial charge in [-0.25, -0.2) is 4.98 Å². The zero-order valence-electron chi connectivity index (χ0n) is 19.5. The lowest BCUT2D eigenvalue weighted by Gasteiger charge is -2.28. The number of ether oxygens (including phenoxy) is 1. The second kappa shape index (κ2) is 10.2. The largest absolute Gasteiger partial charge is 0.378 e. The van der Waals surface area contributed by atoms with Crippen molar-refractivity contribution in [1.82, 2.24) is 19.7 Å². The number of imidazole rings is 1. The summed E-state index contributed by atoms with van der Waals surface area (Å²) in [6, 6.07) is 10.2. The lowest BCUT2D eigenvalue weighted by Crippen LogP contribution is -2.38. The first-order valence-electron chi connectivity index (χ1n) is 12.1. The van der Waals surface area contributed by atoms with Crippen molar-refractivity contribution in [2.75, 3.05) is 36.6 Å². The Balaban J connectivity index is 1.41. The van der Waals surface area contributed by atoms with Crippen LogP contribution in [0.5, 0.6) is 0 Å². The van der Waals surface area contributed by atoms with Gasteiger partial charge in [-0.2, -0.15) is 10.1 Å². The minimum atomic E-state index is -0.129. The Morgan fingerprint density at radius 2 is 1.97 bits per heavy atom. The SMILES string of the molecule is Cc1cccc(/C=N/Nc2cc3nc(C(=O)NC4CCCCC4)cn3c(N3CCOCC3)n2)c1. The normalized spacial score (nSPS) is 17.4. The molecule has 9 heteroatoms. The fourth-order valence-electron chi connectivity index (χ4n) is 4.56. The number of carbonyl (C=O) groups excluding carboxylic acids is 1. The van der Waals surface area contributed by atoms with Gasteiger partial charge in [-0.1, -0.05) is 49.1 Å². The van der Waals surface area contributed by atoms with Crippen molar-refractivity contribution in [3.8, 4) is 0 Å². The van der Waals surface area contributed by atoms with Crippen LogP contribution in [-0.4, -0.2) is 58.8 Å². The molecule has 3 heterocycles. The molecule has 9 nitrogen and oxygen atoms in total. The van der Waals surface area contributed by atoms with Gasteiger partial charge < -0.3 is 15.0 Å². The topological polar surface area (TPSA) is 96.1 Å². The second-order valence-electron chi connectivity index (χ2n) is 8.99. The van der Waals surface area contributed by atoms with Crippen LogP contribution in [0, 0.1) is 6.92 Å². The molecule has 2 aromatic heterocycles. The Hall–Kier alpha value is -3.46. The van der Waals surface area contributed by atoms with Crippen molar-refractivity contribution >= 4 is 29.5 Å². The number of anilines is 2. The number of hydrogen-bond acceptors (Lipinski definition) is 7. The number of nitrogens with one attached hydrogen (secondary N) is 2. The number of hydrogen-bond donors (Lipinski definition) is 2. The molecule has 1 aliphatic carbocycles. The summed E-state index contributed by atoms with van der Waals surface area (Å²) in [4.78, 5) is 24.5. The quantitative estimate of drug-likeness (QED) is 0.432. The Morgan fingerprint density at radius 3 is 2.76 bits per heavy atom. The van der Waals surface area contributed by atoms with Crippen LogP contribution >= 0.6 is 0 Å². The van der Waals surface area contributed by atoms with E-state index in [0.29, 0.717) is 30.4 Å². The van der Waals surface area contributed by atoms with Crippen LogP contribution in [0.1, 0.15) is 53.7 Å². The smallest absolute Gasteiger partial charge is 0.271 e. The van der Waals surface area contributed by atoms with Crippen LogP contribution in [0.15, 0.2) is 41.6 Å². The molecule has 3 aromatic rings. The Morgan fingerprint density at radius 1 is 1.15 bits per heavy atom. The first-order valence-corrected chi connectivity index (χ1v) is 12.1. The van der Waals surface area contributed by atoms with Crippen LogP contribution in [0.25, 0.3) is 5.65 Å². The van der Waals surface area contributed by atoms with Crippen LogP contribution in [-0.2, 0) is 4.74 Å². The number of rotatable bonds is 6. The zero-order chi connectivity index (χ0) is 23.3. The van der Waals surface area contributed by atoms with Crippen molar-refractivity contribution in [2.24, 2.45) is 5.10 Å². The van der Waals surface area contributed by atoms with Crippen LogP contribution in [0.2, 0.25) is 0 Å². The van der Waals surface area contributed by atoms with Gasteiger partial charge in [0.15, 0.2) is 5.82 Å². The molecule has 5 rings (SSSR count). The summed E-state index contributed by atoms with van der Waals surface area (Å²) in [7, 11) is 0. The van der Waals surface area contributed by atoms with Gasteiger partial charge in [-0.3, -0.25) is 14.6 Å². The molecule has 0 radical (unpaired) electrons. The third-order valence-corrected chi connectivity index (χ3v) is 6.34. The summed E-state index contributed by atoms with van der Waals surface area (Å²) in [5.41, 5.74) is 6.27. The van der Waals surface area contributed by atoms with Gasteiger partial charge >= 0.3 is 0 Å². The van der Waals surface area contributed by atoms with E-state index in [0.717, 1.165) is 37.4 Å². The first-order chi connectivity index (χ1) is 16.7. The molecule has 1 amide bonds. The van der Waals surface area contributed by atoms with Gasteiger partial charge in [0.25, 0.3) is 5.91 Å². The summed E-state index contributed by atoms with van der Waals surface area (Å²) in [6.45, 7) is 4.76. The van der Waals surface area contributed by atoms with Gasteiger partial charge in [0.2, 0.25) is 5.95 Å². The highest BCUT2D eigenvalue weighted by molar-refractivity contribution is 5.93. The molecule has 178 valence electrons. The van der Waals surface area contributed by atoms with E-state index < -0.39 is 0 Å². The summed E-state index contributed by atoms with van der Waals surface area (Å²) >= 11 is 0. The van der Waals surface area contributed by atoms with E-state index in [-0.39, 0.29) is 11.9 Å². The van der Waals surface area contributed by atoms with Crippen molar-refractivity contribution in [3.05, 3.63) is 53.3 Å². The van der Waals surface area contributed by atoms with E-state index >= 15 is 0 Å². The van der Waals surface area contributed by atoms with Crippen LogP contribution in [0.4, 0.5) is 11.8 Å². The summed E-state index contributed by atoms with van der Waals surface area (Å²) in [5, 5.41) is 7.53. The summed E-state index contributed by atoms with van der Waals surface area (Å²) in [6.07, 6.45) is 9.20. The fraction of sp³-hybridized carbons (Fsp3) is 0.440. The van der Waals surface area contributed by atoms with Gasteiger partial charge in [-0.05, 0) is 25.3 Å². The summed E-state index contributed by atoms with van der Waals surface area (Å²) in [5.74, 6) is 1.16. The molecule has 1 aliphatic heterocycles. The van der Waals surface area contributed by atoms with E-state index in [4.69, 9.17) is 9.72 Å². The predicted octanol–water partition coefficient (Wildman–Crippen LogP) is 3.38. The van der Waals surface area contributed by atoms with Crippen molar-refractivity contribution in [1.29, 1.82) is 0 Å². The number of aromatic nitrogens is 3. The molecular weight excluding hydrogens is 430 g/mol. The fourth-order valence-corrected chi connectivity index (χ4v) is 4.56. The van der Waals surface area contributed by atoms with Gasteiger partial charge in [-0.15, -0.1) is 0 Å². The zero-order valence-corrected chi connectivity index (χ0v) is 19.5. The Labute approximate surface area is 199 Å². The third-order valence-electron chi connectivity index (χ3n) is 6.34. The van der Waals surface area contributed by atoms with E-state index in [1.165, 1.54) is 24.8 Å². The standard InChI is InChI=1S/C25H31N7O2/c1-18-6-5-7-19(14-18)16-26-30-22-15-23-28-21(24(33)27-20-8-3-2-4-9-20)17-32(23)25(29-22)31-10-12-34-13-11-31/h5-7,14-17,20,30H,2-4,8-13H2,1H3,(H,27,33)/b26-16+. The van der Waals surface area contributed by atoms with Crippen LogP contribution < -0.4 is 15.6 Å².